The molecule has 2 rings (SSSR count). The van der Waals surface area contributed by atoms with E-state index in [9.17, 15) is 8.42 Å². The summed E-state index contributed by atoms with van der Waals surface area (Å²) in [6.45, 7) is 2.52. The molecule has 2 aromatic rings. The first kappa shape index (κ1) is 16.1. The molecule has 0 unspecified atom stereocenters. The van der Waals surface area contributed by atoms with Crippen LogP contribution in [0.3, 0.4) is 0 Å². The fraction of sp³-hybridized carbons (Fsp3) is 0.250. The minimum Gasteiger partial charge on any atom is -0.261 e. The fourth-order valence-corrected chi connectivity index (χ4v) is 3.60. The van der Waals surface area contributed by atoms with Crippen LogP contribution >= 0.6 is 0 Å². The number of likely N-dealkylation sites (N-methyl/N-ethyl adjacent to an activating group) is 1. The molecule has 0 bridgehead atoms. The molecule has 0 aliphatic carbocycles. The normalized spacial score (nSPS) is 11.3. The van der Waals surface area contributed by atoms with E-state index in [0.717, 1.165) is 5.69 Å². The molecule has 1 aromatic heterocycles. The molecule has 0 saturated carbocycles. The lowest BCUT2D eigenvalue weighted by molar-refractivity contribution is 0.429. The molecule has 0 spiro atoms. The second-order valence-corrected chi connectivity index (χ2v) is 6.65. The predicted octanol–water partition coefficient (Wildman–Crippen LogP) is 2.21. The zero-order valence-electron chi connectivity index (χ0n) is 12.3. The van der Waals surface area contributed by atoms with Crippen molar-refractivity contribution < 1.29 is 8.42 Å². The maximum absolute atomic E-state index is 12.6. The van der Waals surface area contributed by atoms with Crippen molar-refractivity contribution in [3.8, 4) is 6.07 Å². The van der Waals surface area contributed by atoms with Gasteiger partial charge in [-0.2, -0.15) is 9.57 Å². The summed E-state index contributed by atoms with van der Waals surface area (Å²) in [6.07, 6.45) is 2.24. The first-order valence-electron chi connectivity index (χ1n) is 6.98. The highest BCUT2D eigenvalue weighted by molar-refractivity contribution is 7.89. The van der Waals surface area contributed by atoms with Gasteiger partial charge in [0.2, 0.25) is 10.0 Å². The Morgan fingerprint density at radius 2 is 2.05 bits per heavy atom. The van der Waals surface area contributed by atoms with Crippen LogP contribution in [0.2, 0.25) is 0 Å². The summed E-state index contributed by atoms with van der Waals surface area (Å²) in [4.78, 5) is 4.35. The molecule has 0 atom stereocenters. The number of nitriles is 1. The number of rotatable bonds is 6. The Bertz CT molecular complexity index is 767. The quantitative estimate of drug-likeness (QED) is 0.819. The Labute approximate surface area is 130 Å². The molecule has 1 aromatic carbocycles. The van der Waals surface area contributed by atoms with Gasteiger partial charge in [0.25, 0.3) is 0 Å². The van der Waals surface area contributed by atoms with Crippen LogP contribution in [-0.2, 0) is 16.4 Å². The molecule has 0 saturated heterocycles. The first-order chi connectivity index (χ1) is 10.6. The monoisotopic (exact) mass is 315 g/mol. The topological polar surface area (TPSA) is 74.1 Å². The smallest absolute Gasteiger partial charge is 0.243 e. The van der Waals surface area contributed by atoms with Gasteiger partial charge >= 0.3 is 0 Å². The summed E-state index contributed by atoms with van der Waals surface area (Å²) in [6, 6.07) is 13.6. The van der Waals surface area contributed by atoms with E-state index in [1.54, 1.807) is 25.3 Å². The van der Waals surface area contributed by atoms with E-state index in [0.29, 0.717) is 25.1 Å². The largest absolute Gasteiger partial charge is 0.261 e. The highest BCUT2D eigenvalue weighted by Gasteiger charge is 2.23. The van der Waals surface area contributed by atoms with Crippen molar-refractivity contribution in [1.29, 1.82) is 5.26 Å². The minimum atomic E-state index is -3.60. The summed E-state index contributed by atoms with van der Waals surface area (Å²) in [7, 11) is -3.60. The van der Waals surface area contributed by atoms with Crippen molar-refractivity contribution in [3.05, 3.63) is 59.9 Å². The zero-order chi connectivity index (χ0) is 16.0. The van der Waals surface area contributed by atoms with Crippen LogP contribution in [0.15, 0.2) is 53.6 Å². The van der Waals surface area contributed by atoms with Crippen LogP contribution in [0.25, 0.3) is 0 Å². The van der Waals surface area contributed by atoms with Gasteiger partial charge in [0.05, 0.1) is 16.5 Å². The lowest BCUT2D eigenvalue weighted by Gasteiger charge is -2.20. The van der Waals surface area contributed by atoms with Gasteiger partial charge < -0.3 is 0 Å². The number of nitrogens with zero attached hydrogens (tertiary/aromatic N) is 3. The zero-order valence-corrected chi connectivity index (χ0v) is 13.1. The summed E-state index contributed by atoms with van der Waals surface area (Å²) < 4.78 is 26.7. The number of pyridine rings is 1. The predicted molar refractivity (Wildman–Crippen MR) is 83.5 cm³/mol. The lowest BCUT2D eigenvalue weighted by Crippen LogP contribution is -2.33. The second-order valence-electron chi connectivity index (χ2n) is 4.71. The van der Waals surface area contributed by atoms with Gasteiger partial charge in [-0.15, -0.1) is 0 Å². The fourth-order valence-electron chi connectivity index (χ4n) is 2.11. The molecule has 5 nitrogen and oxygen atoms in total. The van der Waals surface area contributed by atoms with Gasteiger partial charge in [-0.25, -0.2) is 8.42 Å². The van der Waals surface area contributed by atoms with Crippen LogP contribution in [0.4, 0.5) is 0 Å². The lowest BCUT2D eigenvalue weighted by atomic mass is 10.2. The third kappa shape index (κ3) is 3.70. The summed E-state index contributed by atoms with van der Waals surface area (Å²) in [5.41, 5.74) is 1.18. The third-order valence-corrected chi connectivity index (χ3v) is 5.27. The molecule has 114 valence electrons. The molecule has 6 heteroatoms. The van der Waals surface area contributed by atoms with Crippen LogP contribution < -0.4 is 0 Å². The van der Waals surface area contributed by atoms with E-state index in [2.05, 4.69) is 4.98 Å². The number of benzene rings is 1. The van der Waals surface area contributed by atoms with E-state index < -0.39 is 10.0 Å². The van der Waals surface area contributed by atoms with Crippen molar-refractivity contribution in [2.75, 3.05) is 13.1 Å². The van der Waals surface area contributed by atoms with E-state index >= 15 is 0 Å². The van der Waals surface area contributed by atoms with Gasteiger partial charge in [-0.05, 0) is 30.3 Å². The average Bonchev–Trinajstić information content (AvgIpc) is 2.56. The molecular weight excluding hydrogens is 298 g/mol. The first-order valence-corrected chi connectivity index (χ1v) is 8.42. The van der Waals surface area contributed by atoms with Gasteiger partial charge in [-0.3, -0.25) is 4.98 Å². The van der Waals surface area contributed by atoms with Gasteiger partial charge in [0.1, 0.15) is 0 Å². The summed E-state index contributed by atoms with van der Waals surface area (Å²) in [5.74, 6) is 0. The Kier molecular flexibility index (Phi) is 5.26. The molecule has 0 fully saturated rings. The Morgan fingerprint density at radius 3 is 2.68 bits per heavy atom. The molecule has 0 radical (unpaired) electrons. The maximum atomic E-state index is 12.6. The van der Waals surface area contributed by atoms with Crippen molar-refractivity contribution in [3.63, 3.8) is 0 Å². The number of aromatic nitrogens is 1. The average molecular weight is 315 g/mol. The number of hydrogen-bond acceptors (Lipinski definition) is 4. The molecule has 0 aliphatic heterocycles. The Morgan fingerprint density at radius 1 is 1.23 bits per heavy atom. The van der Waals surface area contributed by atoms with Crippen molar-refractivity contribution in [1.82, 2.24) is 9.29 Å². The minimum absolute atomic E-state index is 0.148. The number of hydrogen-bond donors (Lipinski definition) is 0. The van der Waals surface area contributed by atoms with Crippen molar-refractivity contribution in [2.45, 2.75) is 18.2 Å². The molecule has 0 N–H and O–H groups in total. The summed E-state index contributed by atoms with van der Waals surface area (Å²) >= 11 is 0. The highest BCUT2D eigenvalue weighted by Crippen LogP contribution is 2.17. The molecule has 22 heavy (non-hydrogen) atoms. The van der Waals surface area contributed by atoms with Gasteiger partial charge in [0.15, 0.2) is 0 Å². The standard InChI is InChI=1S/C16H17N3O2S/c1-2-19(11-9-15-7-3-4-10-18-15)22(20,21)16-8-5-6-14(12-16)13-17/h3-8,10,12H,2,9,11H2,1H3. The van der Waals surface area contributed by atoms with Crippen molar-refractivity contribution >= 4 is 10.0 Å². The maximum Gasteiger partial charge on any atom is 0.243 e. The molecule has 1 heterocycles. The second kappa shape index (κ2) is 7.16. The van der Waals surface area contributed by atoms with E-state index in [1.807, 2.05) is 24.3 Å². The molecular formula is C16H17N3O2S. The summed E-state index contributed by atoms with van der Waals surface area (Å²) in [5, 5.41) is 8.91. The SMILES string of the molecule is CCN(CCc1ccccn1)S(=O)(=O)c1cccc(C#N)c1. The van der Waals surface area contributed by atoms with Crippen LogP contribution in [-0.4, -0.2) is 30.8 Å². The number of sulfonamides is 1. The van der Waals surface area contributed by atoms with E-state index in [-0.39, 0.29) is 4.90 Å². The van der Waals surface area contributed by atoms with Crippen LogP contribution in [0.5, 0.6) is 0 Å². The van der Waals surface area contributed by atoms with E-state index in [4.69, 9.17) is 5.26 Å². The van der Waals surface area contributed by atoms with Crippen LogP contribution in [0, 0.1) is 11.3 Å². The Hall–Kier alpha value is -2.23. The van der Waals surface area contributed by atoms with Gasteiger partial charge in [0, 0.05) is 31.4 Å². The van der Waals surface area contributed by atoms with Crippen molar-refractivity contribution in [2.24, 2.45) is 0 Å². The molecule has 0 amide bonds. The van der Waals surface area contributed by atoms with E-state index in [1.165, 1.54) is 16.4 Å². The Balaban J connectivity index is 2.19. The molecule has 0 aliphatic rings. The van der Waals surface area contributed by atoms with Gasteiger partial charge in [-0.1, -0.05) is 19.1 Å². The highest BCUT2D eigenvalue weighted by atomic mass is 32.2. The van der Waals surface area contributed by atoms with Crippen LogP contribution in [0.1, 0.15) is 18.2 Å². The third-order valence-electron chi connectivity index (χ3n) is 3.30.